The highest BCUT2D eigenvalue weighted by atomic mass is 79.9. The van der Waals surface area contributed by atoms with Crippen LogP contribution < -0.4 is 5.32 Å². The summed E-state index contributed by atoms with van der Waals surface area (Å²) in [7, 11) is 0. The van der Waals surface area contributed by atoms with Crippen LogP contribution in [0.1, 0.15) is 50.6 Å². The summed E-state index contributed by atoms with van der Waals surface area (Å²) < 4.78 is 1.18. The van der Waals surface area contributed by atoms with Crippen LogP contribution >= 0.6 is 15.9 Å². The summed E-state index contributed by atoms with van der Waals surface area (Å²) in [6.45, 7) is 3.44. The molecule has 1 atom stereocenters. The Balaban J connectivity index is 1.91. The van der Waals surface area contributed by atoms with Gasteiger partial charge in [0.1, 0.15) is 0 Å². The van der Waals surface area contributed by atoms with Gasteiger partial charge in [-0.3, -0.25) is 0 Å². The van der Waals surface area contributed by atoms with E-state index < -0.39 is 0 Å². The van der Waals surface area contributed by atoms with E-state index in [1.54, 1.807) is 0 Å². The Morgan fingerprint density at radius 3 is 2.76 bits per heavy atom. The maximum absolute atomic E-state index is 3.73. The highest BCUT2D eigenvalue weighted by Gasteiger charge is 2.16. The molecule has 1 fully saturated rings. The van der Waals surface area contributed by atoms with Crippen molar-refractivity contribution < 1.29 is 0 Å². The summed E-state index contributed by atoms with van der Waals surface area (Å²) in [5.41, 5.74) is 1.40. The lowest BCUT2D eigenvalue weighted by Gasteiger charge is -2.20. The van der Waals surface area contributed by atoms with Gasteiger partial charge < -0.3 is 5.32 Å². The van der Waals surface area contributed by atoms with Crippen LogP contribution in [0.15, 0.2) is 28.7 Å². The van der Waals surface area contributed by atoms with Crippen LogP contribution in [0.3, 0.4) is 0 Å². The second kappa shape index (κ2) is 6.55. The second-order valence-electron chi connectivity index (χ2n) is 5.07. The van der Waals surface area contributed by atoms with E-state index in [1.807, 2.05) is 0 Å². The van der Waals surface area contributed by atoms with Crippen LogP contribution in [-0.2, 0) is 0 Å². The normalized spacial score (nSPS) is 18.5. The Hall–Kier alpha value is -0.340. The van der Waals surface area contributed by atoms with E-state index in [0.717, 1.165) is 12.3 Å². The Bertz CT molecular complexity index is 345. The topological polar surface area (TPSA) is 12.0 Å². The van der Waals surface area contributed by atoms with Crippen molar-refractivity contribution in [3.05, 3.63) is 34.3 Å². The van der Waals surface area contributed by atoms with Crippen molar-refractivity contribution in [3.8, 4) is 0 Å². The van der Waals surface area contributed by atoms with Gasteiger partial charge in [-0.2, -0.15) is 0 Å². The smallest absolute Gasteiger partial charge is 0.0318 e. The third-order valence-electron chi connectivity index (χ3n) is 3.79. The summed E-state index contributed by atoms with van der Waals surface area (Å²) >= 11 is 3.55. The SMILES string of the molecule is CCC(NCC1CCCC1)c1cccc(Br)c1. The zero-order chi connectivity index (χ0) is 12.1. The summed E-state index contributed by atoms with van der Waals surface area (Å²) in [5, 5.41) is 3.73. The highest BCUT2D eigenvalue weighted by Crippen LogP contribution is 2.26. The molecule has 1 aromatic rings. The molecule has 0 saturated heterocycles. The van der Waals surface area contributed by atoms with Crippen LogP contribution in [0.5, 0.6) is 0 Å². The molecule has 2 heteroatoms. The van der Waals surface area contributed by atoms with Gasteiger partial charge in [-0.05, 0) is 49.4 Å². The first-order valence-electron chi connectivity index (χ1n) is 6.78. The van der Waals surface area contributed by atoms with Crippen LogP contribution in [0.2, 0.25) is 0 Å². The first kappa shape index (κ1) is 13.1. The molecule has 2 rings (SSSR count). The lowest BCUT2D eigenvalue weighted by Crippen LogP contribution is -2.26. The molecule has 0 aromatic heterocycles. The van der Waals surface area contributed by atoms with E-state index in [2.05, 4.69) is 52.4 Å². The van der Waals surface area contributed by atoms with Crippen LogP contribution in [0, 0.1) is 5.92 Å². The molecular weight excluding hydrogens is 274 g/mol. The second-order valence-corrected chi connectivity index (χ2v) is 5.99. The largest absolute Gasteiger partial charge is 0.310 e. The maximum atomic E-state index is 3.73. The fourth-order valence-corrected chi connectivity index (χ4v) is 3.16. The molecule has 0 amide bonds. The van der Waals surface area contributed by atoms with Gasteiger partial charge in [-0.15, -0.1) is 0 Å². The van der Waals surface area contributed by atoms with Crippen LogP contribution in [0.25, 0.3) is 0 Å². The molecule has 0 spiro atoms. The average Bonchev–Trinajstić information content (AvgIpc) is 2.83. The molecule has 0 bridgehead atoms. The minimum atomic E-state index is 0.507. The molecule has 94 valence electrons. The fourth-order valence-electron chi connectivity index (χ4n) is 2.74. The van der Waals surface area contributed by atoms with Crippen molar-refractivity contribution in [2.75, 3.05) is 6.54 Å². The first-order valence-corrected chi connectivity index (χ1v) is 7.57. The Morgan fingerprint density at radius 2 is 2.12 bits per heavy atom. The number of rotatable bonds is 5. The number of hydrogen-bond donors (Lipinski definition) is 1. The van der Waals surface area contributed by atoms with Gasteiger partial charge in [0, 0.05) is 10.5 Å². The number of nitrogens with one attached hydrogen (secondary N) is 1. The van der Waals surface area contributed by atoms with Crippen molar-refractivity contribution in [1.82, 2.24) is 5.32 Å². The lowest BCUT2D eigenvalue weighted by atomic mass is 10.0. The van der Waals surface area contributed by atoms with Gasteiger partial charge in [-0.1, -0.05) is 47.8 Å². The van der Waals surface area contributed by atoms with E-state index in [4.69, 9.17) is 0 Å². The van der Waals surface area contributed by atoms with Gasteiger partial charge >= 0.3 is 0 Å². The number of benzene rings is 1. The van der Waals surface area contributed by atoms with Crippen molar-refractivity contribution in [1.29, 1.82) is 0 Å². The maximum Gasteiger partial charge on any atom is 0.0318 e. The summed E-state index contributed by atoms with van der Waals surface area (Å²) in [5.74, 6) is 0.913. The third kappa shape index (κ3) is 3.82. The third-order valence-corrected chi connectivity index (χ3v) is 4.28. The predicted molar refractivity (Wildman–Crippen MR) is 77.1 cm³/mol. The van der Waals surface area contributed by atoms with Gasteiger partial charge in [0.2, 0.25) is 0 Å². The van der Waals surface area contributed by atoms with Gasteiger partial charge in [0.05, 0.1) is 0 Å². The Kier molecular flexibility index (Phi) is 5.05. The Morgan fingerprint density at radius 1 is 1.35 bits per heavy atom. The highest BCUT2D eigenvalue weighted by molar-refractivity contribution is 9.10. The van der Waals surface area contributed by atoms with Crippen molar-refractivity contribution in [2.45, 2.75) is 45.1 Å². The minimum absolute atomic E-state index is 0.507. The van der Waals surface area contributed by atoms with Crippen molar-refractivity contribution in [2.24, 2.45) is 5.92 Å². The summed E-state index contributed by atoms with van der Waals surface area (Å²) in [6, 6.07) is 9.18. The molecule has 17 heavy (non-hydrogen) atoms. The molecule has 0 radical (unpaired) electrons. The van der Waals surface area contributed by atoms with E-state index >= 15 is 0 Å². The van der Waals surface area contributed by atoms with E-state index in [9.17, 15) is 0 Å². The Labute approximate surface area is 113 Å². The van der Waals surface area contributed by atoms with Gasteiger partial charge in [0.15, 0.2) is 0 Å². The quantitative estimate of drug-likeness (QED) is 0.832. The average molecular weight is 296 g/mol. The molecule has 1 saturated carbocycles. The molecule has 0 aliphatic heterocycles. The lowest BCUT2D eigenvalue weighted by molar-refractivity contribution is 0.431. The van der Waals surface area contributed by atoms with Crippen molar-refractivity contribution in [3.63, 3.8) is 0 Å². The van der Waals surface area contributed by atoms with Gasteiger partial charge in [0.25, 0.3) is 0 Å². The van der Waals surface area contributed by atoms with Crippen molar-refractivity contribution >= 4 is 15.9 Å². The molecule has 1 aromatic carbocycles. The zero-order valence-electron chi connectivity index (χ0n) is 10.6. The predicted octanol–water partition coefficient (Wildman–Crippen LogP) is 4.68. The zero-order valence-corrected chi connectivity index (χ0v) is 12.2. The van der Waals surface area contributed by atoms with Crippen LogP contribution in [0.4, 0.5) is 0 Å². The summed E-state index contributed by atoms with van der Waals surface area (Å²) in [6.07, 6.45) is 6.85. The molecule has 1 aliphatic rings. The van der Waals surface area contributed by atoms with Gasteiger partial charge in [-0.25, -0.2) is 0 Å². The molecular formula is C15H22BrN. The van der Waals surface area contributed by atoms with E-state index in [0.29, 0.717) is 6.04 Å². The van der Waals surface area contributed by atoms with E-state index in [-0.39, 0.29) is 0 Å². The standard InChI is InChI=1S/C15H22BrN/c1-2-15(13-8-5-9-14(16)10-13)17-11-12-6-3-4-7-12/h5,8-10,12,15,17H,2-4,6-7,11H2,1H3. The molecule has 1 aliphatic carbocycles. The van der Waals surface area contributed by atoms with Crippen LogP contribution in [-0.4, -0.2) is 6.54 Å². The van der Waals surface area contributed by atoms with E-state index in [1.165, 1.54) is 42.3 Å². The minimum Gasteiger partial charge on any atom is -0.310 e. The first-order chi connectivity index (χ1) is 8.29. The molecule has 1 nitrogen and oxygen atoms in total. The number of hydrogen-bond acceptors (Lipinski definition) is 1. The summed E-state index contributed by atoms with van der Waals surface area (Å²) in [4.78, 5) is 0. The number of halogens is 1. The molecule has 1 N–H and O–H groups in total. The fraction of sp³-hybridized carbons (Fsp3) is 0.600. The molecule has 0 heterocycles. The monoisotopic (exact) mass is 295 g/mol. The molecule has 1 unspecified atom stereocenters.